The van der Waals surface area contributed by atoms with Crippen molar-refractivity contribution in [3.05, 3.63) is 62.3 Å². The third-order valence-electron chi connectivity index (χ3n) is 2.94. The predicted molar refractivity (Wildman–Crippen MR) is 79.8 cm³/mol. The van der Waals surface area contributed by atoms with Crippen molar-refractivity contribution in [3.8, 4) is 0 Å². The van der Waals surface area contributed by atoms with Gasteiger partial charge in [0.1, 0.15) is 0 Å². The smallest absolute Gasteiger partial charge is 0.196 e. The summed E-state index contributed by atoms with van der Waals surface area (Å²) in [7, 11) is 0. The fourth-order valence-corrected chi connectivity index (χ4v) is 2.53. The maximum atomic E-state index is 13.6. The van der Waals surface area contributed by atoms with E-state index in [-0.39, 0.29) is 20.8 Å². The molecule has 0 aliphatic heterocycles. The van der Waals surface area contributed by atoms with Gasteiger partial charge < -0.3 is 5.32 Å². The van der Waals surface area contributed by atoms with E-state index in [4.69, 9.17) is 34.8 Å². The molecule has 0 aliphatic rings. The van der Waals surface area contributed by atoms with Crippen LogP contribution in [0.2, 0.25) is 15.1 Å². The lowest BCUT2D eigenvalue weighted by molar-refractivity contribution is 0.448. The first kappa shape index (κ1) is 16.3. The van der Waals surface area contributed by atoms with Crippen LogP contribution in [0.25, 0.3) is 0 Å². The van der Waals surface area contributed by atoms with E-state index in [2.05, 4.69) is 5.32 Å². The summed E-state index contributed by atoms with van der Waals surface area (Å²) in [6.45, 7) is 1.67. The average Bonchev–Trinajstić information content (AvgIpc) is 2.45. The lowest BCUT2D eigenvalue weighted by atomic mass is 10.1. The zero-order valence-electron chi connectivity index (χ0n) is 10.7. The highest BCUT2D eigenvalue weighted by molar-refractivity contribution is 6.48. The Bertz CT molecular complexity index is 692. The van der Waals surface area contributed by atoms with Crippen molar-refractivity contribution < 1.29 is 13.2 Å². The van der Waals surface area contributed by atoms with Gasteiger partial charge in [0.25, 0.3) is 0 Å². The Morgan fingerprint density at radius 3 is 2.24 bits per heavy atom. The van der Waals surface area contributed by atoms with Crippen molar-refractivity contribution in [2.24, 2.45) is 0 Å². The molecule has 2 aromatic rings. The molecule has 1 N–H and O–H groups in total. The molecular weight excluding hydrogens is 346 g/mol. The van der Waals surface area contributed by atoms with Gasteiger partial charge in [-0.25, -0.2) is 13.2 Å². The molecule has 21 heavy (non-hydrogen) atoms. The summed E-state index contributed by atoms with van der Waals surface area (Å²) in [5.41, 5.74) is 0.374. The second-order valence-electron chi connectivity index (χ2n) is 4.35. The minimum Gasteiger partial charge on any atom is -0.376 e. The molecule has 0 aromatic heterocycles. The van der Waals surface area contributed by atoms with Crippen molar-refractivity contribution >= 4 is 40.5 Å². The molecule has 0 spiro atoms. The molecule has 2 aromatic carbocycles. The molecule has 0 radical (unpaired) electrons. The van der Waals surface area contributed by atoms with Gasteiger partial charge in [0, 0.05) is 0 Å². The molecule has 0 saturated carbocycles. The Balaban J connectivity index is 2.33. The van der Waals surface area contributed by atoms with Gasteiger partial charge in [-0.3, -0.25) is 0 Å². The van der Waals surface area contributed by atoms with E-state index < -0.39 is 23.5 Å². The lowest BCUT2D eigenvalue weighted by Gasteiger charge is -2.18. The summed E-state index contributed by atoms with van der Waals surface area (Å²) in [5, 5.41) is 3.39. The first-order valence-corrected chi connectivity index (χ1v) is 6.99. The molecule has 7 heteroatoms. The van der Waals surface area contributed by atoms with Gasteiger partial charge in [0.15, 0.2) is 17.5 Å². The SMILES string of the molecule is CC(Nc1ccc(F)c(F)c1F)c1ccc(Cl)c(Cl)c1Cl. The van der Waals surface area contributed by atoms with Crippen molar-refractivity contribution in [1.82, 2.24) is 0 Å². The minimum atomic E-state index is -1.53. The number of nitrogens with one attached hydrogen (secondary N) is 1. The van der Waals surface area contributed by atoms with E-state index in [1.165, 1.54) is 0 Å². The predicted octanol–water partition coefficient (Wildman–Crippen LogP) is 6.24. The summed E-state index contributed by atoms with van der Waals surface area (Å²) in [6, 6.07) is 4.61. The third kappa shape index (κ3) is 3.23. The van der Waals surface area contributed by atoms with E-state index in [0.717, 1.165) is 12.1 Å². The van der Waals surface area contributed by atoms with Crippen molar-refractivity contribution in [1.29, 1.82) is 0 Å². The van der Waals surface area contributed by atoms with Gasteiger partial charge in [-0.2, -0.15) is 0 Å². The van der Waals surface area contributed by atoms with Gasteiger partial charge in [-0.05, 0) is 30.7 Å². The van der Waals surface area contributed by atoms with E-state index in [9.17, 15) is 13.2 Å². The standard InChI is InChI=1S/C14H9Cl3F3N/c1-6(7-2-3-8(15)12(17)11(7)16)21-10-5-4-9(18)13(19)14(10)20/h2-6,21H,1H3. The van der Waals surface area contributed by atoms with Crippen LogP contribution in [0.1, 0.15) is 18.5 Å². The zero-order chi connectivity index (χ0) is 15.7. The van der Waals surface area contributed by atoms with Crippen LogP contribution in [0.15, 0.2) is 24.3 Å². The van der Waals surface area contributed by atoms with Crippen LogP contribution < -0.4 is 5.32 Å². The number of hydrogen-bond donors (Lipinski definition) is 1. The Morgan fingerprint density at radius 2 is 1.57 bits per heavy atom. The highest BCUT2D eigenvalue weighted by Gasteiger charge is 2.18. The van der Waals surface area contributed by atoms with E-state index in [0.29, 0.717) is 5.56 Å². The van der Waals surface area contributed by atoms with E-state index in [1.807, 2.05) is 0 Å². The molecule has 0 aliphatic carbocycles. The van der Waals surface area contributed by atoms with Crippen LogP contribution >= 0.6 is 34.8 Å². The maximum Gasteiger partial charge on any atom is 0.196 e. The number of rotatable bonds is 3. The van der Waals surface area contributed by atoms with Gasteiger partial charge in [0.2, 0.25) is 0 Å². The van der Waals surface area contributed by atoms with Crippen LogP contribution in [-0.2, 0) is 0 Å². The van der Waals surface area contributed by atoms with Gasteiger partial charge in [-0.1, -0.05) is 40.9 Å². The summed E-state index contributed by atoms with van der Waals surface area (Å²) < 4.78 is 39.7. The first-order chi connectivity index (χ1) is 9.82. The van der Waals surface area contributed by atoms with E-state index in [1.54, 1.807) is 19.1 Å². The molecule has 0 heterocycles. The topological polar surface area (TPSA) is 12.0 Å². The molecular formula is C14H9Cl3F3N. The summed E-state index contributed by atoms with van der Waals surface area (Å²) in [5.74, 6) is -4.08. The number of benzene rings is 2. The lowest BCUT2D eigenvalue weighted by Crippen LogP contribution is -2.10. The van der Waals surface area contributed by atoms with Gasteiger partial charge >= 0.3 is 0 Å². The largest absolute Gasteiger partial charge is 0.376 e. The number of anilines is 1. The molecule has 1 nitrogen and oxygen atoms in total. The number of halogens is 6. The minimum absolute atomic E-state index is 0.176. The van der Waals surface area contributed by atoms with Crippen molar-refractivity contribution in [2.75, 3.05) is 5.32 Å². The molecule has 2 rings (SSSR count). The molecule has 0 saturated heterocycles. The Morgan fingerprint density at radius 1 is 0.905 bits per heavy atom. The maximum absolute atomic E-state index is 13.6. The van der Waals surface area contributed by atoms with Crippen LogP contribution in [0, 0.1) is 17.5 Å². The van der Waals surface area contributed by atoms with Crippen molar-refractivity contribution in [2.45, 2.75) is 13.0 Å². The molecule has 1 atom stereocenters. The number of hydrogen-bond acceptors (Lipinski definition) is 1. The van der Waals surface area contributed by atoms with Gasteiger partial charge in [-0.15, -0.1) is 0 Å². The summed E-state index contributed by atoms with van der Waals surface area (Å²) >= 11 is 17.8. The molecule has 0 fully saturated rings. The Hall–Kier alpha value is -1.10. The second kappa shape index (κ2) is 6.34. The second-order valence-corrected chi connectivity index (χ2v) is 5.52. The quantitative estimate of drug-likeness (QED) is 0.644. The fraction of sp³-hybridized carbons (Fsp3) is 0.143. The molecule has 1 unspecified atom stereocenters. The molecule has 0 bridgehead atoms. The van der Waals surface area contributed by atoms with Crippen LogP contribution in [0.5, 0.6) is 0 Å². The third-order valence-corrected chi connectivity index (χ3v) is 4.25. The van der Waals surface area contributed by atoms with Crippen LogP contribution in [0.4, 0.5) is 18.9 Å². The normalized spacial score (nSPS) is 12.3. The summed E-state index contributed by atoms with van der Waals surface area (Å²) in [6.07, 6.45) is 0. The molecule has 0 amide bonds. The van der Waals surface area contributed by atoms with Crippen LogP contribution in [-0.4, -0.2) is 0 Å². The average molecular weight is 355 g/mol. The highest BCUT2D eigenvalue weighted by atomic mass is 35.5. The van der Waals surface area contributed by atoms with Crippen molar-refractivity contribution in [3.63, 3.8) is 0 Å². The van der Waals surface area contributed by atoms with Crippen LogP contribution in [0.3, 0.4) is 0 Å². The van der Waals surface area contributed by atoms with E-state index >= 15 is 0 Å². The highest BCUT2D eigenvalue weighted by Crippen LogP contribution is 2.36. The zero-order valence-corrected chi connectivity index (χ0v) is 12.9. The first-order valence-electron chi connectivity index (χ1n) is 5.86. The Kier molecular flexibility index (Phi) is 4.91. The monoisotopic (exact) mass is 353 g/mol. The van der Waals surface area contributed by atoms with Gasteiger partial charge in [0.05, 0.1) is 26.8 Å². The summed E-state index contributed by atoms with van der Waals surface area (Å²) in [4.78, 5) is 0. The fourth-order valence-electron chi connectivity index (χ4n) is 1.82. The Labute approximate surface area is 134 Å². The molecule has 112 valence electrons.